The zero-order chi connectivity index (χ0) is 17.6. The van der Waals surface area contributed by atoms with Crippen LogP contribution in [0.2, 0.25) is 0 Å². The summed E-state index contributed by atoms with van der Waals surface area (Å²) in [4.78, 5) is 14.8. The number of halogens is 1. The summed E-state index contributed by atoms with van der Waals surface area (Å²) < 4.78 is 19.0. The zero-order valence-corrected chi connectivity index (χ0v) is 13.8. The third-order valence-corrected chi connectivity index (χ3v) is 4.30. The lowest BCUT2D eigenvalue weighted by Crippen LogP contribution is -2.47. The van der Waals surface area contributed by atoms with Crippen LogP contribution in [0, 0.1) is 15.9 Å². The maximum absolute atomic E-state index is 13.5. The van der Waals surface area contributed by atoms with Crippen molar-refractivity contribution in [3.8, 4) is 5.75 Å². The average molecular weight is 345 g/mol. The number of hydrogen-bond donors (Lipinski definition) is 0. The SMILES string of the molecule is O=[N+]([O-])c1ccc(N2CCN(CCOc3ccccc3F)CC2)cc1. The Morgan fingerprint density at radius 2 is 1.72 bits per heavy atom. The molecule has 6 nitrogen and oxygen atoms in total. The van der Waals surface area contributed by atoms with Crippen LogP contribution in [0.4, 0.5) is 15.8 Å². The number of anilines is 1. The molecule has 0 aliphatic carbocycles. The number of nitro groups is 1. The second kappa shape index (κ2) is 7.94. The van der Waals surface area contributed by atoms with Crippen LogP contribution < -0.4 is 9.64 Å². The van der Waals surface area contributed by atoms with Crippen LogP contribution in [0.5, 0.6) is 5.75 Å². The quantitative estimate of drug-likeness (QED) is 0.595. The molecule has 0 spiro atoms. The van der Waals surface area contributed by atoms with Crippen LogP contribution in [0.1, 0.15) is 0 Å². The monoisotopic (exact) mass is 345 g/mol. The molecule has 132 valence electrons. The van der Waals surface area contributed by atoms with Gasteiger partial charge in [-0.2, -0.15) is 0 Å². The number of benzene rings is 2. The summed E-state index contributed by atoms with van der Waals surface area (Å²) in [5.74, 6) is -0.0579. The summed E-state index contributed by atoms with van der Waals surface area (Å²) in [7, 11) is 0. The Morgan fingerprint density at radius 3 is 2.36 bits per heavy atom. The molecule has 0 unspecified atom stereocenters. The molecule has 0 bridgehead atoms. The van der Waals surface area contributed by atoms with E-state index in [1.807, 2.05) is 0 Å². The number of rotatable bonds is 6. The predicted molar refractivity (Wildman–Crippen MR) is 93.6 cm³/mol. The van der Waals surface area contributed by atoms with E-state index in [1.165, 1.54) is 18.2 Å². The molecule has 1 aliphatic rings. The topological polar surface area (TPSA) is 58.9 Å². The lowest BCUT2D eigenvalue weighted by molar-refractivity contribution is -0.384. The number of ether oxygens (including phenoxy) is 1. The summed E-state index contributed by atoms with van der Waals surface area (Å²) in [6.07, 6.45) is 0. The molecule has 0 aromatic heterocycles. The zero-order valence-electron chi connectivity index (χ0n) is 13.8. The van der Waals surface area contributed by atoms with Gasteiger partial charge in [0.05, 0.1) is 4.92 Å². The van der Waals surface area contributed by atoms with Gasteiger partial charge in [-0.3, -0.25) is 15.0 Å². The van der Waals surface area contributed by atoms with Crippen molar-refractivity contribution in [3.63, 3.8) is 0 Å². The highest BCUT2D eigenvalue weighted by Gasteiger charge is 2.18. The van der Waals surface area contributed by atoms with Gasteiger partial charge >= 0.3 is 0 Å². The first kappa shape index (κ1) is 17.2. The molecule has 3 rings (SSSR count). The fourth-order valence-corrected chi connectivity index (χ4v) is 2.86. The first-order valence-electron chi connectivity index (χ1n) is 8.22. The number of para-hydroxylation sites is 1. The number of piperazine rings is 1. The smallest absolute Gasteiger partial charge is 0.269 e. The molecule has 7 heteroatoms. The van der Waals surface area contributed by atoms with E-state index in [0.717, 1.165) is 38.4 Å². The van der Waals surface area contributed by atoms with Crippen molar-refractivity contribution < 1.29 is 14.1 Å². The maximum Gasteiger partial charge on any atom is 0.269 e. The number of nitro benzene ring substituents is 1. The van der Waals surface area contributed by atoms with E-state index >= 15 is 0 Å². The third-order valence-electron chi connectivity index (χ3n) is 4.30. The molecular weight excluding hydrogens is 325 g/mol. The van der Waals surface area contributed by atoms with Gasteiger partial charge in [0.15, 0.2) is 11.6 Å². The minimum atomic E-state index is -0.392. The van der Waals surface area contributed by atoms with E-state index in [1.54, 1.807) is 30.3 Å². The summed E-state index contributed by atoms with van der Waals surface area (Å²) >= 11 is 0. The van der Waals surface area contributed by atoms with Crippen molar-refractivity contribution in [1.82, 2.24) is 4.90 Å². The normalized spacial score (nSPS) is 15.2. The molecule has 0 amide bonds. The largest absolute Gasteiger partial charge is 0.489 e. The number of non-ortho nitro benzene ring substituents is 1. The van der Waals surface area contributed by atoms with Gasteiger partial charge in [0.2, 0.25) is 0 Å². The summed E-state index contributed by atoms with van der Waals surface area (Å²) in [5.41, 5.74) is 1.10. The van der Waals surface area contributed by atoms with Gasteiger partial charge in [0.25, 0.3) is 5.69 Å². The van der Waals surface area contributed by atoms with E-state index in [2.05, 4.69) is 9.80 Å². The minimum Gasteiger partial charge on any atom is -0.489 e. The lowest BCUT2D eigenvalue weighted by atomic mass is 10.2. The van der Waals surface area contributed by atoms with Gasteiger partial charge in [-0.1, -0.05) is 12.1 Å². The Hall–Kier alpha value is -2.67. The molecule has 0 radical (unpaired) electrons. The first-order valence-corrected chi connectivity index (χ1v) is 8.22. The summed E-state index contributed by atoms with van der Waals surface area (Å²) in [5, 5.41) is 10.7. The van der Waals surface area contributed by atoms with Crippen molar-refractivity contribution in [2.24, 2.45) is 0 Å². The first-order chi connectivity index (χ1) is 12.1. The minimum absolute atomic E-state index is 0.104. The molecule has 25 heavy (non-hydrogen) atoms. The summed E-state index contributed by atoms with van der Waals surface area (Å²) in [6, 6.07) is 13.0. The number of nitrogens with zero attached hydrogens (tertiary/aromatic N) is 3. The Balaban J connectivity index is 1.44. The Morgan fingerprint density at radius 1 is 1.04 bits per heavy atom. The molecule has 1 heterocycles. The van der Waals surface area contributed by atoms with Gasteiger partial charge in [0.1, 0.15) is 6.61 Å². The molecule has 0 N–H and O–H groups in total. The third kappa shape index (κ3) is 4.45. The van der Waals surface area contributed by atoms with E-state index in [0.29, 0.717) is 6.61 Å². The van der Waals surface area contributed by atoms with Gasteiger partial charge in [0, 0.05) is 50.5 Å². The maximum atomic E-state index is 13.5. The average Bonchev–Trinajstić information content (AvgIpc) is 2.64. The van der Waals surface area contributed by atoms with Crippen molar-refractivity contribution in [1.29, 1.82) is 0 Å². The van der Waals surface area contributed by atoms with Crippen LogP contribution in [0.15, 0.2) is 48.5 Å². The van der Waals surface area contributed by atoms with Crippen LogP contribution in [0.25, 0.3) is 0 Å². The van der Waals surface area contributed by atoms with Gasteiger partial charge in [-0.15, -0.1) is 0 Å². The molecule has 1 saturated heterocycles. The van der Waals surface area contributed by atoms with E-state index < -0.39 is 4.92 Å². The molecule has 0 saturated carbocycles. The lowest BCUT2D eigenvalue weighted by Gasteiger charge is -2.36. The Kier molecular flexibility index (Phi) is 5.45. The van der Waals surface area contributed by atoms with Crippen LogP contribution in [0.3, 0.4) is 0 Å². The van der Waals surface area contributed by atoms with Gasteiger partial charge in [-0.25, -0.2) is 4.39 Å². The fourth-order valence-electron chi connectivity index (χ4n) is 2.86. The highest BCUT2D eigenvalue weighted by atomic mass is 19.1. The van der Waals surface area contributed by atoms with Crippen molar-refractivity contribution >= 4 is 11.4 Å². The summed E-state index contributed by atoms with van der Waals surface area (Å²) in [6.45, 7) is 4.62. The van der Waals surface area contributed by atoms with E-state index in [-0.39, 0.29) is 17.3 Å². The van der Waals surface area contributed by atoms with Gasteiger partial charge in [-0.05, 0) is 24.3 Å². The van der Waals surface area contributed by atoms with Crippen LogP contribution in [-0.4, -0.2) is 49.2 Å². The van der Waals surface area contributed by atoms with E-state index in [9.17, 15) is 14.5 Å². The Labute approximate surface area is 145 Å². The van der Waals surface area contributed by atoms with Crippen LogP contribution in [-0.2, 0) is 0 Å². The molecule has 2 aromatic carbocycles. The highest BCUT2D eigenvalue weighted by Crippen LogP contribution is 2.20. The molecular formula is C18H20FN3O3. The van der Waals surface area contributed by atoms with Crippen molar-refractivity contribution in [2.45, 2.75) is 0 Å². The van der Waals surface area contributed by atoms with Crippen molar-refractivity contribution in [3.05, 3.63) is 64.5 Å². The second-order valence-corrected chi connectivity index (χ2v) is 5.88. The van der Waals surface area contributed by atoms with Crippen LogP contribution >= 0.6 is 0 Å². The molecule has 1 fully saturated rings. The van der Waals surface area contributed by atoms with Crippen molar-refractivity contribution in [2.75, 3.05) is 44.2 Å². The fraction of sp³-hybridized carbons (Fsp3) is 0.333. The van der Waals surface area contributed by atoms with E-state index in [4.69, 9.17) is 4.74 Å². The highest BCUT2D eigenvalue weighted by molar-refractivity contribution is 5.51. The second-order valence-electron chi connectivity index (χ2n) is 5.88. The number of hydrogen-bond acceptors (Lipinski definition) is 5. The van der Waals surface area contributed by atoms with Gasteiger partial charge < -0.3 is 9.64 Å². The Bertz CT molecular complexity index is 716. The predicted octanol–water partition coefficient (Wildman–Crippen LogP) is 2.93. The molecule has 1 aliphatic heterocycles. The standard InChI is InChI=1S/C18H20FN3O3/c19-17-3-1-2-4-18(17)25-14-13-20-9-11-21(12-10-20)15-5-7-16(8-6-15)22(23)24/h1-8H,9-14H2. The molecule has 2 aromatic rings. The molecule has 0 atom stereocenters.